The molecular formula is C7H17Br2N3S. The zero-order valence-corrected chi connectivity index (χ0v) is 11.7. The number of amidine groups is 1. The molecule has 0 aliphatic carbocycles. The Hall–Kier alpha value is 0.740. The molecule has 1 aliphatic rings. The first-order chi connectivity index (χ1) is 5.29. The van der Waals surface area contributed by atoms with Crippen LogP contribution in [0.4, 0.5) is 0 Å². The molecule has 0 atom stereocenters. The largest absolute Gasteiger partial charge is 0.379 e. The maximum absolute atomic E-state index is 6.99. The lowest BCUT2D eigenvalue weighted by Crippen LogP contribution is -2.23. The molecule has 1 heterocycles. The number of hydrogen-bond acceptors (Lipinski definition) is 3. The van der Waals surface area contributed by atoms with Gasteiger partial charge in [0.15, 0.2) is 5.17 Å². The van der Waals surface area contributed by atoms with Gasteiger partial charge in [-0.15, -0.1) is 34.0 Å². The molecule has 0 bridgehead atoms. The number of likely N-dealkylation sites (tertiary alicyclic amines) is 1. The van der Waals surface area contributed by atoms with Crippen LogP contribution in [0.2, 0.25) is 0 Å². The van der Waals surface area contributed by atoms with E-state index in [0.717, 1.165) is 12.3 Å². The minimum atomic E-state index is 0. The molecule has 1 saturated heterocycles. The fourth-order valence-electron chi connectivity index (χ4n) is 1.29. The summed E-state index contributed by atoms with van der Waals surface area (Å²) in [5.74, 6) is 0.968. The lowest BCUT2D eigenvalue weighted by atomic mass is 10.4. The number of nitrogens with one attached hydrogen (secondary N) is 1. The Morgan fingerprint density at radius 1 is 1.31 bits per heavy atom. The molecule has 0 aromatic heterocycles. The Kier molecular flexibility index (Phi) is 11.6. The molecule has 0 unspecified atom stereocenters. The van der Waals surface area contributed by atoms with Crippen LogP contribution in [0.25, 0.3) is 0 Å². The summed E-state index contributed by atoms with van der Waals surface area (Å²) in [4.78, 5) is 2.43. The number of rotatable bonds is 3. The molecule has 0 radical (unpaired) electrons. The van der Waals surface area contributed by atoms with Gasteiger partial charge in [0.2, 0.25) is 0 Å². The number of halogens is 2. The van der Waals surface area contributed by atoms with E-state index >= 15 is 0 Å². The molecule has 1 fully saturated rings. The first-order valence-electron chi connectivity index (χ1n) is 3.98. The highest BCUT2D eigenvalue weighted by atomic mass is 79.9. The monoisotopic (exact) mass is 333 g/mol. The van der Waals surface area contributed by atoms with Crippen LogP contribution in [0.3, 0.4) is 0 Å². The molecule has 0 saturated carbocycles. The van der Waals surface area contributed by atoms with E-state index < -0.39 is 0 Å². The summed E-state index contributed by atoms with van der Waals surface area (Å²) < 4.78 is 0. The van der Waals surface area contributed by atoms with E-state index in [2.05, 4.69) is 4.90 Å². The second-order valence-corrected chi connectivity index (χ2v) is 3.90. The van der Waals surface area contributed by atoms with Crippen molar-refractivity contribution in [2.24, 2.45) is 5.73 Å². The van der Waals surface area contributed by atoms with Gasteiger partial charge in [-0.2, -0.15) is 0 Å². The average molecular weight is 335 g/mol. The highest BCUT2D eigenvalue weighted by Gasteiger charge is 2.10. The van der Waals surface area contributed by atoms with Crippen molar-refractivity contribution >= 4 is 50.9 Å². The molecule has 1 aliphatic heterocycles. The second-order valence-electron chi connectivity index (χ2n) is 2.76. The predicted molar refractivity (Wildman–Crippen MR) is 70.7 cm³/mol. The maximum atomic E-state index is 6.99. The summed E-state index contributed by atoms with van der Waals surface area (Å²) in [6, 6.07) is 0. The molecule has 6 heteroatoms. The van der Waals surface area contributed by atoms with Gasteiger partial charge < -0.3 is 10.6 Å². The van der Waals surface area contributed by atoms with Gasteiger partial charge in [0.1, 0.15) is 0 Å². The zero-order chi connectivity index (χ0) is 8.10. The molecule has 0 aromatic carbocycles. The van der Waals surface area contributed by atoms with Crippen molar-refractivity contribution in [2.75, 3.05) is 25.4 Å². The molecular weight excluding hydrogens is 318 g/mol. The smallest absolute Gasteiger partial charge is 0.151 e. The molecule has 3 nitrogen and oxygen atoms in total. The van der Waals surface area contributed by atoms with Crippen molar-refractivity contribution in [3.8, 4) is 0 Å². The van der Waals surface area contributed by atoms with Gasteiger partial charge in [-0.05, 0) is 25.9 Å². The Balaban J connectivity index is 0. The van der Waals surface area contributed by atoms with Crippen LogP contribution in [0, 0.1) is 5.41 Å². The van der Waals surface area contributed by atoms with E-state index in [1.54, 1.807) is 0 Å². The molecule has 13 heavy (non-hydrogen) atoms. The van der Waals surface area contributed by atoms with Gasteiger partial charge in [-0.3, -0.25) is 5.41 Å². The van der Waals surface area contributed by atoms with Crippen LogP contribution in [0.5, 0.6) is 0 Å². The van der Waals surface area contributed by atoms with E-state index in [-0.39, 0.29) is 39.1 Å². The normalized spacial score (nSPS) is 16.0. The van der Waals surface area contributed by atoms with Gasteiger partial charge >= 0.3 is 0 Å². The average Bonchev–Trinajstić information content (AvgIpc) is 2.39. The van der Waals surface area contributed by atoms with Crippen molar-refractivity contribution in [1.82, 2.24) is 4.90 Å². The summed E-state index contributed by atoms with van der Waals surface area (Å²) in [5, 5.41) is 7.23. The second kappa shape index (κ2) is 9.30. The van der Waals surface area contributed by atoms with Crippen LogP contribution in [0.1, 0.15) is 12.8 Å². The summed E-state index contributed by atoms with van der Waals surface area (Å²) >= 11 is 1.44. The molecule has 0 amide bonds. The summed E-state index contributed by atoms with van der Waals surface area (Å²) in [7, 11) is 0. The van der Waals surface area contributed by atoms with Gasteiger partial charge in [-0.25, -0.2) is 0 Å². The predicted octanol–water partition coefficient (Wildman–Crippen LogP) is 1.86. The van der Waals surface area contributed by atoms with Crippen molar-refractivity contribution < 1.29 is 0 Å². The fourth-order valence-corrected chi connectivity index (χ4v) is 1.86. The summed E-state index contributed by atoms with van der Waals surface area (Å²) in [6.07, 6.45) is 2.68. The van der Waals surface area contributed by atoms with Crippen molar-refractivity contribution in [3.05, 3.63) is 0 Å². The zero-order valence-electron chi connectivity index (χ0n) is 7.49. The molecule has 3 N–H and O–H groups in total. The Bertz CT molecular complexity index is 140. The Morgan fingerprint density at radius 3 is 2.31 bits per heavy atom. The third-order valence-corrected chi connectivity index (χ3v) is 2.56. The molecule has 0 spiro atoms. The Labute approximate surface area is 105 Å². The van der Waals surface area contributed by atoms with Crippen molar-refractivity contribution in [3.63, 3.8) is 0 Å². The van der Waals surface area contributed by atoms with E-state index in [0.29, 0.717) is 0 Å². The third kappa shape index (κ3) is 7.78. The minimum Gasteiger partial charge on any atom is -0.379 e. The van der Waals surface area contributed by atoms with Crippen LogP contribution >= 0.6 is 45.7 Å². The van der Waals surface area contributed by atoms with Crippen LogP contribution in [-0.2, 0) is 0 Å². The molecule has 1 rings (SSSR count). The fraction of sp³-hybridized carbons (Fsp3) is 0.857. The number of nitrogens with zero attached hydrogens (tertiary/aromatic N) is 1. The van der Waals surface area contributed by atoms with Crippen molar-refractivity contribution in [2.45, 2.75) is 12.8 Å². The van der Waals surface area contributed by atoms with E-state index in [1.807, 2.05) is 0 Å². The van der Waals surface area contributed by atoms with E-state index in [1.165, 1.54) is 37.7 Å². The number of thioether (sulfide) groups is 1. The highest BCUT2D eigenvalue weighted by molar-refractivity contribution is 8.93. The van der Waals surface area contributed by atoms with Gasteiger partial charge in [0.25, 0.3) is 0 Å². The van der Waals surface area contributed by atoms with Gasteiger partial charge in [0.05, 0.1) is 0 Å². The van der Waals surface area contributed by atoms with Crippen LogP contribution in [0.15, 0.2) is 0 Å². The first kappa shape index (κ1) is 16.2. The lowest BCUT2D eigenvalue weighted by molar-refractivity contribution is 0.362. The van der Waals surface area contributed by atoms with E-state index in [4.69, 9.17) is 11.1 Å². The molecule has 0 aromatic rings. The topological polar surface area (TPSA) is 53.1 Å². The third-order valence-electron chi connectivity index (χ3n) is 1.86. The highest BCUT2D eigenvalue weighted by Crippen LogP contribution is 2.08. The SMILES string of the molecule is Br.Br.N=C(N)SCCN1CCCC1. The summed E-state index contributed by atoms with van der Waals surface area (Å²) in [6.45, 7) is 3.56. The van der Waals surface area contributed by atoms with Gasteiger partial charge in [0, 0.05) is 12.3 Å². The maximum Gasteiger partial charge on any atom is 0.151 e. The van der Waals surface area contributed by atoms with Gasteiger partial charge in [-0.1, -0.05) is 11.8 Å². The summed E-state index contributed by atoms with van der Waals surface area (Å²) in [5.41, 5.74) is 5.20. The lowest BCUT2D eigenvalue weighted by Gasteiger charge is -2.12. The van der Waals surface area contributed by atoms with E-state index in [9.17, 15) is 0 Å². The Morgan fingerprint density at radius 2 is 1.85 bits per heavy atom. The van der Waals surface area contributed by atoms with Crippen LogP contribution < -0.4 is 5.73 Å². The standard InChI is InChI=1S/C7H15N3S.2BrH/c8-7(9)11-6-5-10-3-1-2-4-10;;/h1-6H2,(H3,8,9);2*1H. The van der Waals surface area contributed by atoms with Crippen LogP contribution in [-0.4, -0.2) is 35.5 Å². The first-order valence-corrected chi connectivity index (χ1v) is 4.97. The van der Waals surface area contributed by atoms with Crippen molar-refractivity contribution in [1.29, 1.82) is 5.41 Å². The molecule has 80 valence electrons. The minimum absolute atomic E-state index is 0. The quantitative estimate of drug-likeness (QED) is 0.612. The number of hydrogen-bond donors (Lipinski definition) is 2. The number of nitrogens with two attached hydrogens (primary N) is 1.